The van der Waals surface area contributed by atoms with Crippen molar-refractivity contribution in [2.24, 2.45) is 0 Å². The van der Waals surface area contributed by atoms with Gasteiger partial charge in [0.2, 0.25) is 0 Å². The third-order valence-electron chi connectivity index (χ3n) is 3.61. The summed E-state index contributed by atoms with van der Waals surface area (Å²) in [7, 11) is 1.71. The first-order chi connectivity index (χ1) is 9.26. The van der Waals surface area contributed by atoms with Gasteiger partial charge in [-0.2, -0.15) is 0 Å². The molecule has 1 aromatic rings. The molecule has 1 aliphatic rings. The summed E-state index contributed by atoms with van der Waals surface area (Å²) in [6.45, 7) is 2.82. The minimum absolute atomic E-state index is 0.0227. The van der Waals surface area contributed by atoms with Gasteiger partial charge in [0.25, 0.3) is 5.91 Å². The minimum Gasteiger partial charge on any atom is -0.385 e. The van der Waals surface area contributed by atoms with Crippen LogP contribution in [0.15, 0.2) is 24.3 Å². The molecule has 0 aromatic heterocycles. The van der Waals surface area contributed by atoms with Gasteiger partial charge < -0.3 is 15.4 Å². The fourth-order valence-electron chi connectivity index (χ4n) is 2.65. The highest BCUT2D eigenvalue weighted by Gasteiger charge is 2.29. The summed E-state index contributed by atoms with van der Waals surface area (Å²) in [5.41, 5.74) is 1.58. The van der Waals surface area contributed by atoms with E-state index in [1.807, 2.05) is 31.2 Å². The maximum absolute atomic E-state index is 12.4. The van der Waals surface area contributed by atoms with Gasteiger partial charge in [-0.1, -0.05) is 12.1 Å². The fraction of sp³-hybridized carbons (Fsp3) is 0.533. The van der Waals surface area contributed by atoms with Crippen molar-refractivity contribution >= 4 is 11.6 Å². The molecule has 0 heterocycles. The average Bonchev–Trinajstić information content (AvgIpc) is 2.87. The monoisotopic (exact) mass is 262 g/mol. The lowest BCUT2D eigenvalue weighted by molar-refractivity contribution is 0.0722. The van der Waals surface area contributed by atoms with Crippen molar-refractivity contribution in [2.45, 2.75) is 38.3 Å². The predicted molar refractivity (Wildman–Crippen MR) is 76.5 cm³/mol. The highest BCUT2D eigenvalue weighted by atomic mass is 16.5. The van der Waals surface area contributed by atoms with Crippen LogP contribution in [0.2, 0.25) is 0 Å². The van der Waals surface area contributed by atoms with Crippen molar-refractivity contribution in [2.75, 3.05) is 19.0 Å². The van der Waals surface area contributed by atoms with Crippen LogP contribution in [0.4, 0.5) is 5.69 Å². The summed E-state index contributed by atoms with van der Waals surface area (Å²) in [6, 6.07) is 7.73. The third-order valence-corrected chi connectivity index (χ3v) is 3.61. The molecule has 1 fully saturated rings. The lowest BCUT2D eigenvalue weighted by atomic mass is 10.1. The molecule has 0 saturated heterocycles. The number of ether oxygens (including phenoxy) is 1. The van der Waals surface area contributed by atoms with Gasteiger partial charge >= 0.3 is 0 Å². The number of carbonyl (C=O) groups is 1. The van der Waals surface area contributed by atoms with Crippen LogP contribution in [-0.2, 0) is 4.74 Å². The van der Waals surface area contributed by atoms with Crippen LogP contribution in [0.3, 0.4) is 0 Å². The Morgan fingerprint density at radius 2 is 2.16 bits per heavy atom. The van der Waals surface area contributed by atoms with Gasteiger partial charge in [-0.05, 0) is 38.3 Å². The van der Waals surface area contributed by atoms with Gasteiger partial charge in [0, 0.05) is 19.3 Å². The Morgan fingerprint density at radius 3 is 2.89 bits per heavy atom. The van der Waals surface area contributed by atoms with E-state index in [1.54, 1.807) is 7.11 Å². The second-order valence-corrected chi connectivity index (χ2v) is 4.86. The highest BCUT2D eigenvalue weighted by molar-refractivity contribution is 5.99. The maximum atomic E-state index is 12.4. The lowest BCUT2D eigenvalue weighted by Gasteiger charge is -2.20. The number of para-hydroxylation sites is 1. The highest BCUT2D eigenvalue weighted by Crippen LogP contribution is 2.23. The Kier molecular flexibility index (Phi) is 4.80. The summed E-state index contributed by atoms with van der Waals surface area (Å²) in [5.74, 6) is -0.0227. The first kappa shape index (κ1) is 13.9. The van der Waals surface area contributed by atoms with Crippen LogP contribution >= 0.6 is 0 Å². The van der Waals surface area contributed by atoms with E-state index in [0.717, 1.165) is 31.5 Å². The fourth-order valence-corrected chi connectivity index (χ4v) is 2.65. The molecule has 0 aliphatic heterocycles. The first-order valence-electron chi connectivity index (χ1n) is 6.92. The SMILES string of the molecule is CCNc1ccccc1C(=O)NC1CCCC1OC. The molecular weight excluding hydrogens is 240 g/mol. The number of hydrogen-bond donors (Lipinski definition) is 2. The Hall–Kier alpha value is -1.55. The number of anilines is 1. The Morgan fingerprint density at radius 1 is 1.37 bits per heavy atom. The van der Waals surface area contributed by atoms with E-state index in [9.17, 15) is 4.79 Å². The number of carbonyl (C=O) groups excluding carboxylic acids is 1. The predicted octanol–water partition coefficient (Wildman–Crippen LogP) is 2.42. The zero-order valence-corrected chi connectivity index (χ0v) is 11.6. The molecule has 1 aromatic carbocycles. The van der Waals surface area contributed by atoms with Gasteiger partial charge in [-0.15, -0.1) is 0 Å². The number of benzene rings is 1. The van der Waals surface area contributed by atoms with E-state index in [2.05, 4.69) is 10.6 Å². The molecule has 1 aliphatic carbocycles. The molecule has 4 nitrogen and oxygen atoms in total. The van der Waals surface area contributed by atoms with Crippen LogP contribution < -0.4 is 10.6 Å². The summed E-state index contributed by atoms with van der Waals surface area (Å²) in [4.78, 5) is 12.4. The molecule has 19 heavy (non-hydrogen) atoms. The normalized spacial score (nSPS) is 22.2. The van der Waals surface area contributed by atoms with Gasteiger partial charge in [-0.25, -0.2) is 0 Å². The molecule has 2 unspecified atom stereocenters. The van der Waals surface area contributed by atoms with Crippen molar-refractivity contribution in [3.05, 3.63) is 29.8 Å². The molecule has 2 rings (SSSR count). The number of methoxy groups -OCH3 is 1. The van der Waals surface area contributed by atoms with Gasteiger partial charge in [-0.3, -0.25) is 4.79 Å². The minimum atomic E-state index is -0.0227. The number of hydrogen-bond acceptors (Lipinski definition) is 3. The van der Waals surface area contributed by atoms with Crippen LogP contribution in [0.5, 0.6) is 0 Å². The number of nitrogens with one attached hydrogen (secondary N) is 2. The second-order valence-electron chi connectivity index (χ2n) is 4.86. The molecule has 1 saturated carbocycles. The third kappa shape index (κ3) is 3.26. The Labute approximate surface area is 114 Å². The van der Waals surface area contributed by atoms with Crippen molar-refractivity contribution in [3.63, 3.8) is 0 Å². The maximum Gasteiger partial charge on any atom is 0.253 e. The zero-order valence-electron chi connectivity index (χ0n) is 11.6. The number of rotatable bonds is 5. The Balaban J connectivity index is 2.07. The molecule has 0 radical (unpaired) electrons. The molecule has 2 atom stereocenters. The van der Waals surface area contributed by atoms with Gasteiger partial charge in [0.15, 0.2) is 0 Å². The molecular formula is C15H22N2O2. The van der Waals surface area contributed by atoms with E-state index in [1.165, 1.54) is 0 Å². The molecule has 0 bridgehead atoms. The number of amides is 1. The molecule has 4 heteroatoms. The van der Waals surface area contributed by atoms with Crippen molar-refractivity contribution in [1.82, 2.24) is 5.32 Å². The molecule has 1 amide bonds. The zero-order chi connectivity index (χ0) is 13.7. The summed E-state index contributed by atoms with van der Waals surface area (Å²) in [5, 5.41) is 6.31. The van der Waals surface area contributed by atoms with E-state index in [4.69, 9.17) is 4.74 Å². The van der Waals surface area contributed by atoms with Crippen LogP contribution in [-0.4, -0.2) is 31.7 Å². The van der Waals surface area contributed by atoms with E-state index in [-0.39, 0.29) is 18.1 Å². The van der Waals surface area contributed by atoms with Crippen LogP contribution in [0.25, 0.3) is 0 Å². The van der Waals surface area contributed by atoms with Gasteiger partial charge in [0.1, 0.15) is 0 Å². The Bertz CT molecular complexity index is 434. The lowest BCUT2D eigenvalue weighted by Crippen LogP contribution is -2.40. The average molecular weight is 262 g/mol. The van der Waals surface area contributed by atoms with Crippen LogP contribution in [0.1, 0.15) is 36.5 Å². The van der Waals surface area contributed by atoms with Gasteiger partial charge in [0.05, 0.1) is 17.7 Å². The van der Waals surface area contributed by atoms with Crippen molar-refractivity contribution in [3.8, 4) is 0 Å². The van der Waals surface area contributed by atoms with E-state index in [0.29, 0.717) is 5.56 Å². The summed E-state index contributed by atoms with van der Waals surface area (Å²) >= 11 is 0. The smallest absolute Gasteiger partial charge is 0.253 e. The van der Waals surface area contributed by atoms with E-state index >= 15 is 0 Å². The molecule has 2 N–H and O–H groups in total. The van der Waals surface area contributed by atoms with Crippen LogP contribution in [0, 0.1) is 0 Å². The summed E-state index contributed by atoms with van der Waals surface area (Å²) in [6.07, 6.45) is 3.28. The quantitative estimate of drug-likeness (QED) is 0.856. The largest absolute Gasteiger partial charge is 0.385 e. The van der Waals surface area contributed by atoms with Crippen molar-refractivity contribution < 1.29 is 9.53 Å². The molecule has 104 valence electrons. The first-order valence-corrected chi connectivity index (χ1v) is 6.92. The van der Waals surface area contributed by atoms with E-state index < -0.39 is 0 Å². The molecule has 0 spiro atoms. The summed E-state index contributed by atoms with van der Waals surface area (Å²) < 4.78 is 5.41. The van der Waals surface area contributed by atoms with Crippen molar-refractivity contribution in [1.29, 1.82) is 0 Å². The standard InChI is InChI=1S/C15H22N2O2/c1-3-16-12-8-5-4-7-11(12)15(18)17-13-9-6-10-14(13)19-2/h4-5,7-8,13-14,16H,3,6,9-10H2,1-2H3,(H,17,18). The topological polar surface area (TPSA) is 50.4 Å². The second kappa shape index (κ2) is 6.57.